The number of rotatable bonds is 7. The van der Waals surface area contributed by atoms with Crippen molar-refractivity contribution in [1.82, 2.24) is 25.4 Å². The molecule has 0 saturated heterocycles. The Bertz CT molecular complexity index is 762. The van der Waals surface area contributed by atoms with Gasteiger partial charge < -0.3 is 19.9 Å². The smallest absolute Gasteiger partial charge is 0.192 e. The molecule has 0 bridgehead atoms. The van der Waals surface area contributed by atoms with E-state index in [1.807, 2.05) is 25.5 Å². The largest absolute Gasteiger partial charge is 0.383 e. The molecule has 2 aromatic rings. The number of halogens is 2. The lowest BCUT2D eigenvalue weighted by Crippen LogP contribution is -2.40. The van der Waals surface area contributed by atoms with Crippen molar-refractivity contribution >= 4 is 5.96 Å². The summed E-state index contributed by atoms with van der Waals surface area (Å²) in [5, 5.41) is 14.4. The summed E-state index contributed by atoms with van der Waals surface area (Å²) < 4.78 is 33.5. The Hall–Kier alpha value is -2.55. The average molecular weight is 366 g/mol. The lowest BCUT2D eigenvalue weighted by atomic mass is 10.1. The van der Waals surface area contributed by atoms with Crippen molar-refractivity contribution in [1.29, 1.82) is 0 Å². The van der Waals surface area contributed by atoms with E-state index in [0.717, 1.165) is 17.7 Å². The molecule has 1 unspecified atom stereocenters. The molecule has 0 aliphatic heterocycles. The highest BCUT2D eigenvalue weighted by molar-refractivity contribution is 5.80. The van der Waals surface area contributed by atoms with Crippen LogP contribution in [0.5, 0.6) is 0 Å². The number of nitrogens with one attached hydrogen (secondary N) is 2. The Kier molecular flexibility index (Phi) is 7.02. The molecule has 0 radical (unpaired) electrons. The van der Waals surface area contributed by atoms with Gasteiger partial charge in [0.15, 0.2) is 23.4 Å². The van der Waals surface area contributed by atoms with Gasteiger partial charge in [-0.2, -0.15) is 0 Å². The number of guanidine groups is 1. The third kappa shape index (κ3) is 5.22. The van der Waals surface area contributed by atoms with Gasteiger partial charge in [0.1, 0.15) is 12.4 Å². The van der Waals surface area contributed by atoms with Gasteiger partial charge in [0.2, 0.25) is 0 Å². The van der Waals surface area contributed by atoms with E-state index in [1.54, 1.807) is 7.11 Å². The summed E-state index contributed by atoms with van der Waals surface area (Å²) in [6.45, 7) is 5.08. The van der Waals surface area contributed by atoms with Crippen molar-refractivity contribution in [2.45, 2.75) is 26.4 Å². The van der Waals surface area contributed by atoms with Gasteiger partial charge in [0.25, 0.3) is 0 Å². The van der Waals surface area contributed by atoms with Crippen LogP contribution < -0.4 is 10.6 Å². The van der Waals surface area contributed by atoms with Gasteiger partial charge in [-0.25, -0.2) is 13.8 Å². The van der Waals surface area contributed by atoms with E-state index in [2.05, 4.69) is 25.8 Å². The van der Waals surface area contributed by atoms with Crippen LogP contribution in [0.4, 0.5) is 8.78 Å². The first kappa shape index (κ1) is 19.8. The molecule has 2 N–H and O–H groups in total. The van der Waals surface area contributed by atoms with Crippen LogP contribution in [0.3, 0.4) is 0 Å². The second-order valence-corrected chi connectivity index (χ2v) is 5.85. The zero-order valence-corrected chi connectivity index (χ0v) is 15.4. The minimum absolute atomic E-state index is 0.278. The highest BCUT2D eigenvalue weighted by Crippen LogP contribution is 2.15. The van der Waals surface area contributed by atoms with E-state index >= 15 is 0 Å². The fourth-order valence-corrected chi connectivity index (χ4v) is 2.23. The van der Waals surface area contributed by atoms with Gasteiger partial charge >= 0.3 is 0 Å². The van der Waals surface area contributed by atoms with Gasteiger partial charge in [-0.3, -0.25) is 0 Å². The number of aliphatic imine (C=N–C) groups is 1. The number of benzene rings is 1. The minimum Gasteiger partial charge on any atom is -0.383 e. The number of aryl methyl sites for hydroxylation is 1. The molecular formula is C17H24F2N6O. The fourth-order valence-electron chi connectivity index (χ4n) is 2.23. The number of aromatic nitrogens is 3. The van der Waals surface area contributed by atoms with Gasteiger partial charge in [-0.15, -0.1) is 10.2 Å². The van der Waals surface area contributed by atoms with Gasteiger partial charge in [-0.05, 0) is 31.5 Å². The highest BCUT2D eigenvalue weighted by Gasteiger charge is 2.12. The zero-order chi connectivity index (χ0) is 19.1. The van der Waals surface area contributed by atoms with Crippen molar-refractivity contribution in [3.05, 3.63) is 47.0 Å². The molecule has 0 spiro atoms. The second-order valence-electron chi connectivity index (χ2n) is 5.85. The van der Waals surface area contributed by atoms with E-state index in [4.69, 9.17) is 4.74 Å². The van der Waals surface area contributed by atoms with Crippen LogP contribution in [-0.4, -0.2) is 41.0 Å². The van der Waals surface area contributed by atoms with Crippen molar-refractivity contribution < 1.29 is 13.5 Å². The Balaban J connectivity index is 2.10. The molecule has 0 aliphatic rings. The standard InChI is InChI=1S/C17H24F2N6O/c1-11(13-5-6-14(18)15(19)9-13)22-17(20-7-8-26-4)21-10-16-24-23-12(2)25(16)3/h5-6,9,11H,7-8,10H2,1-4H3,(H2,20,21,22). The predicted octanol–water partition coefficient (Wildman–Crippen LogP) is 1.84. The van der Waals surface area contributed by atoms with Crippen molar-refractivity contribution in [3.63, 3.8) is 0 Å². The summed E-state index contributed by atoms with van der Waals surface area (Å²) in [6, 6.07) is 3.54. The monoisotopic (exact) mass is 366 g/mol. The topological polar surface area (TPSA) is 76.4 Å². The maximum atomic E-state index is 13.5. The van der Waals surface area contributed by atoms with Crippen molar-refractivity contribution in [3.8, 4) is 0 Å². The lowest BCUT2D eigenvalue weighted by molar-refractivity contribution is 0.203. The molecule has 9 heteroatoms. The maximum Gasteiger partial charge on any atom is 0.192 e. The van der Waals surface area contributed by atoms with Crippen LogP contribution in [0.15, 0.2) is 23.2 Å². The molecule has 0 amide bonds. The molecule has 1 atom stereocenters. The predicted molar refractivity (Wildman–Crippen MR) is 94.7 cm³/mol. The Morgan fingerprint density at radius 2 is 2.08 bits per heavy atom. The number of nitrogens with zero attached hydrogens (tertiary/aromatic N) is 4. The van der Waals surface area contributed by atoms with Crippen LogP contribution in [0.25, 0.3) is 0 Å². The maximum absolute atomic E-state index is 13.5. The van der Waals surface area contributed by atoms with E-state index in [0.29, 0.717) is 31.2 Å². The van der Waals surface area contributed by atoms with Gasteiger partial charge in [0.05, 0.1) is 12.6 Å². The Labute approximate surface area is 151 Å². The van der Waals surface area contributed by atoms with Crippen LogP contribution in [0.2, 0.25) is 0 Å². The molecule has 26 heavy (non-hydrogen) atoms. The third-order valence-corrected chi connectivity index (χ3v) is 3.96. The van der Waals surface area contributed by atoms with Crippen LogP contribution in [0, 0.1) is 18.6 Å². The summed E-state index contributed by atoms with van der Waals surface area (Å²) in [7, 11) is 3.48. The minimum atomic E-state index is -0.878. The van der Waals surface area contributed by atoms with Crippen LogP contribution in [0.1, 0.15) is 30.2 Å². The third-order valence-electron chi connectivity index (χ3n) is 3.96. The summed E-state index contributed by atoms with van der Waals surface area (Å²) in [5.41, 5.74) is 0.611. The first-order valence-electron chi connectivity index (χ1n) is 8.26. The summed E-state index contributed by atoms with van der Waals surface area (Å²) >= 11 is 0. The summed E-state index contributed by atoms with van der Waals surface area (Å²) in [6.07, 6.45) is 0. The van der Waals surface area contributed by atoms with Gasteiger partial charge in [0, 0.05) is 20.7 Å². The number of ether oxygens (including phenoxy) is 1. The highest BCUT2D eigenvalue weighted by atomic mass is 19.2. The van der Waals surface area contributed by atoms with Crippen LogP contribution >= 0.6 is 0 Å². The van der Waals surface area contributed by atoms with E-state index in [9.17, 15) is 8.78 Å². The summed E-state index contributed by atoms with van der Waals surface area (Å²) in [5.74, 6) is 0.283. The zero-order valence-electron chi connectivity index (χ0n) is 15.4. The molecule has 7 nitrogen and oxygen atoms in total. The normalized spacial score (nSPS) is 12.9. The van der Waals surface area contributed by atoms with Gasteiger partial charge in [-0.1, -0.05) is 6.07 Å². The number of hydrogen-bond donors (Lipinski definition) is 2. The van der Waals surface area contributed by atoms with Crippen molar-refractivity contribution in [2.75, 3.05) is 20.3 Å². The fraction of sp³-hybridized carbons (Fsp3) is 0.471. The average Bonchev–Trinajstić information content (AvgIpc) is 2.93. The van der Waals surface area contributed by atoms with Crippen LogP contribution in [-0.2, 0) is 18.3 Å². The first-order chi connectivity index (χ1) is 12.4. The number of hydrogen-bond acceptors (Lipinski definition) is 4. The molecule has 1 aromatic carbocycles. The molecule has 142 valence electrons. The Morgan fingerprint density at radius 3 is 2.69 bits per heavy atom. The SMILES string of the molecule is COCCNC(=NCc1nnc(C)n1C)NC(C)c1ccc(F)c(F)c1. The quantitative estimate of drug-likeness (QED) is 0.444. The molecule has 0 saturated carbocycles. The molecule has 1 heterocycles. The molecule has 2 rings (SSSR count). The summed E-state index contributed by atoms with van der Waals surface area (Å²) in [4.78, 5) is 4.49. The number of methoxy groups -OCH3 is 1. The lowest BCUT2D eigenvalue weighted by Gasteiger charge is -2.19. The molecule has 0 aliphatic carbocycles. The Morgan fingerprint density at radius 1 is 1.31 bits per heavy atom. The molecule has 0 fully saturated rings. The van der Waals surface area contributed by atoms with Crippen molar-refractivity contribution in [2.24, 2.45) is 12.0 Å². The molecule has 1 aromatic heterocycles. The first-order valence-corrected chi connectivity index (χ1v) is 8.26. The van der Waals surface area contributed by atoms with E-state index in [-0.39, 0.29) is 6.04 Å². The van der Waals surface area contributed by atoms with E-state index in [1.165, 1.54) is 12.1 Å². The molecular weight excluding hydrogens is 342 g/mol. The second kappa shape index (κ2) is 9.23. The van der Waals surface area contributed by atoms with E-state index < -0.39 is 11.6 Å².